The Bertz CT molecular complexity index is 313. The highest BCUT2D eigenvalue weighted by Gasteiger charge is 2.09. The summed E-state index contributed by atoms with van der Waals surface area (Å²) in [5.41, 5.74) is 2.24. The summed E-state index contributed by atoms with van der Waals surface area (Å²) in [4.78, 5) is 0. The number of ether oxygens (including phenoxy) is 2. The molecule has 0 spiro atoms. The average Bonchev–Trinajstić information content (AvgIpc) is 2.11. The largest absolute Gasteiger partial charge is 0.465 e. The van der Waals surface area contributed by atoms with Crippen LogP contribution < -0.4 is 4.74 Å². The van der Waals surface area contributed by atoms with Gasteiger partial charge in [-0.3, -0.25) is 0 Å². The normalized spacial score (nSPS) is 12.6. The van der Waals surface area contributed by atoms with Crippen LogP contribution in [-0.4, -0.2) is 12.9 Å². The number of rotatable bonds is 4. The Balaban J connectivity index is 2.85. The molecule has 1 aromatic carbocycles. The third-order valence-electron chi connectivity index (χ3n) is 2.11. The van der Waals surface area contributed by atoms with Crippen LogP contribution in [-0.2, 0) is 4.74 Å². The lowest BCUT2D eigenvalue weighted by Crippen LogP contribution is -2.17. The van der Waals surface area contributed by atoms with E-state index in [1.165, 1.54) is 0 Å². The molecule has 0 aliphatic rings. The fourth-order valence-electron chi connectivity index (χ4n) is 1.52. The Hall–Kier alpha value is -0.540. The van der Waals surface area contributed by atoms with Crippen molar-refractivity contribution in [2.45, 2.75) is 34.0 Å². The molecule has 0 aromatic heterocycles. The third kappa shape index (κ3) is 3.50. The van der Waals surface area contributed by atoms with E-state index in [9.17, 15) is 0 Å². The van der Waals surface area contributed by atoms with Gasteiger partial charge in [0.15, 0.2) is 6.29 Å². The van der Waals surface area contributed by atoms with Crippen molar-refractivity contribution in [2.24, 2.45) is 0 Å². The van der Waals surface area contributed by atoms with Crippen LogP contribution in [0.5, 0.6) is 5.75 Å². The number of hydrogen-bond donors (Lipinski definition) is 0. The predicted molar refractivity (Wildman–Crippen MR) is 65.3 cm³/mol. The van der Waals surface area contributed by atoms with Gasteiger partial charge in [0.05, 0.1) is 0 Å². The smallest absolute Gasteiger partial charge is 0.196 e. The zero-order valence-corrected chi connectivity index (χ0v) is 11.2. The molecule has 0 saturated carbocycles. The van der Waals surface area contributed by atoms with Gasteiger partial charge in [0.2, 0.25) is 0 Å². The number of benzene rings is 1. The summed E-state index contributed by atoms with van der Waals surface area (Å²) in [7, 11) is 0. The van der Waals surface area contributed by atoms with Crippen LogP contribution in [0.1, 0.15) is 25.0 Å². The van der Waals surface area contributed by atoms with Crippen molar-refractivity contribution in [3.05, 3.63) is 27.7 Å². The molecule has 0 N–H and O–H groups in total. The van der Waals surface area contributed by atoms with E-state index in [0.717, 1.165) is 21.3 Å². The lowest BCUT2D eigenvalue weighted by atomic mass is 10.1. The van der Waals surface area contributed by atoms with Crippen LogP contribution in [0.25, 0.3) is 0 Å². The molecule has 1 aromatic rings. The van der Waals surface area contributed by atoms with Gasteiger partial charge < -0.3 is 9.47 Å². The summed E-state index contributed by atoms with van der Waals surface area (Å²) < 4.78 is 12.2. The maximum Gasteiger partial charge on any atom is 0.196 e. The molecule has 15 heavy (non-hydrogen) atoms. The van der Waals surface area contributed by atoms with Crippen molar-refractivity contribution >= 4 is 15.9 Å². The van der Waals surface area contributed by atoms with Crippen molar-refractivity contribution in [2.75, 3.05) is 6.61 Å². The quantitative estimate of drug-likeness (QED) is 0.776. The molecule has 0 amide bonds. The van der Waals surface area contributed by atoms with Gasteiger partial charge in [-0.2, -0.15) is 0 Å². The van der Waals surface area contributed by atoms with Crippen molar-refractivity contribution in [1.29, 1.82) is 0 Å². The highest BCUT2D eigenvalue weighted by atomic mass is 79.9. The topological polar surface area (TPSA) is 18.5 Å². The van der Waals surface area contributed by atoms with Crippen molar-refractivity contribution in [1.82, 2.24) is 0 Å². The second-order valence-corrected chi connectivity index (χ2v) is 4.43. The summed E-state index contributed by atoms with van der Waals surface area (Å²) in [6.07, 6.45) is -0.200. The summed E-state index contributed by atoms with van der Waals surface area (Å²) in [5.74, 6) is 0.916. The molecule has 2 nitrogen and oxygen atoms in total. The first-order valence-corrected chi connectivity index (χ1v) is 5.89. The second kappa shape index (κ2) is 5.52. The molecule has 1 atom stereocenters. The number of hydrogen-bond acceptors (Lipinski definition) is 2. The van der Waals surface area contributed by atoms with Crippen LogP contribution in [0.3, 0.4) is 0 Å². The van der Waals surface area contributed by atoms with Gasteiger partial charge in [0, 0.05) is 11.1 Å². The minimum absolute atomic E-state index is 0.200. The summed E-state index contributed by atoms with van der Waals surface area (Å²) in [5, 5.41) is 0. The number of aryl methyl sites for hydroxylation is 2. The summed E-state index contributed by atoms with van der Waals surface area (Å²) >= 11 is 3.46. The van der Waals surface area contributed by atoms with Gasteiger partial charge in [-0.25, -0.2) is 0 Å². The Kier molecular flexibility index (Phi) is 4.61. The molecule has 1 unspecified atom stereocenters. The molecule has 0 aliphatic carbocycles. The first-order chi connectivity index (χ1) is 7.04. The van der Waals surface area contributed by atoms with E-state index in [1.807, 2.05) is 39.8 Å². The van der Waals surface area contributed by atoms with Gasteiger partial charge in [-0.1, -0.05) is 15.9 Å². The van der Waals surface area contributed by atoms with Crippen molar-refractivity contribution in [3.63, 3.8) is 0 Å². The first-order valence-electron chi connectivity index (χ1n) is 5.09. The molecule has 3 heteroatoms. The lowest BCUT2D eigenvalue weighted by molar-refractivity contribution is -0.0620. The van der Waals surface area contributed by atoms with E-state index < -0.39 is 0 Å². The molecule has 84 valence electrons. The molecule has 0 radical (unpaired) electrons. The monoisotopic (exact) mass is 272 g/mol. The van der Waals surface area contributed by atoms with Gasteiger partial charge >= 0.3 is 0 Å². The Morgan fingerprint density at radius 2 is 1.80 bits per heavy atom. The van der Waals surface area contributed by atoms with E-state index in [2.05, 4.69) is 15.9 Å². The van der Waals surface area contributed by atoms with E-state index in [0.29, 0.717) is 6.61 Å². The maximum atomic E-state index is 5.73. The maximum absolute atomic E-state index is 5.73. The van der Waals surface area contributed by atoms with E-state index >= 15 is 0 Å². The SMILES string of the molecule is CCOC(C)Oc1c(C)cc(Br)cc1C. The van der Waals surface area contributed by atoms with Crippen LogP contribution in [0.2, 0.25) is 0 Å². The van der Waals surface area contributed by atoms with Crippen LogP contribution in [0.15, 0.2) is 16.6 Å². The van der Waals surface area contributed by atoms with E-state index in [-0.39, 0.29) is 6.29 Å². The van der Waals surface area contributed by atoms with Gasteiger partial charge in [0.25, 0.3) is 0 Å². The molecule has 0 bridgehead atoms. The minimum atomic E-state index is -0.200. The second-order valence-electron chi connectivity index (χ2n) is 3.51. The molecule has 0 aliphatic heterocycles. The molecule has 0 saturated heterocycles. The fourth-order valence-corrected chi connectivity index (χ4v) is 2.20. The molecular weight excluding hydrogens is 256 g/mol. The van der Waals surface area contributed by atoms with Gasteiger partial charge in [-0.15, -0.1) is 0 Å². The van der Waals surface area contributed by atoms with Crippen LogP contribution >= 0.6 is 15.9 Å². The van der Waals surface area contributed by atoms with E-state index in [4.69, 9.17) is 9.47 Å². The third-order valence-corrected chi connectivity index (χ3v) is 2.57. The van der Waals surface area contributed by atoms with E-state index in [1.54, 1.807) is 0 Å². The molecule has 1 rings (SSSR count). The lowest BCUT2D eigenvalue weighted by Gasteiger charge is -2.18. The van der Waals surface area contributed by atoms with Crippen LogP contribution in [0, 0.1) is 13.8 Å². The zero-order valence-electron chi connectivity index (χ0n) is 9.63. The standard InChI is InChI=1S/C12H17BrO2/c1-5-14-10(4)15-12-8(2)6-11(13)7-9(12)3/h6-7,10H,5H2,1-4H3. The van der Waals surface area contributed by atoms with Gasteiger partial charge in [0.1, 0.15) is 5.75 Å². The zero-order chi connectivity index (χ0) is 11.4. The highest BCUT2D eigenvalue weighted by Crippen LogP contribution is 2.28. The molecule has 0 fully saturated rings. The molecule has 0 heterocycles. The fraction of sp³-hybridized carbons (Fsp3) is 0.500. The number of halogens is 1. The predicted octanol–water partition coefficient (Wildman–Crippen LogP) is 3.83. The molecular formula is C12H17BrO2. The summed E-state index contributed by atoms with van der Waals surface area (Å²) in [6, 6.07) is 4.09. The Morgan fingerprint density at radius 1 is 1.27 bits per heavy atom. The minimum Gasteiger partial charge on any atom is -0.465 e. The van der Waals surface area contributed by atoms with Crippen molar-refractivity contribution in [3.8, 4) is 5.75 Å². The Morgan fingerprint density at radius 3 is 2.27 bits per heavy atom. The summed E-state index contributed by atoms with van der Waals surface area (Å²) in [6.45, 7) is 8.60. The van der Waals surface area contributed by atoms with Crippen molar-refractivity contribution < 1.29 is 9.47 Å². The first kappa shape index (κ1) is 12.5. The average molecular weight is 273 g/mol. The Labute approximate surface area is 99.7 Å². The highest BCUT2D eigenvalue weighted by molar-refractivity contribution is 9.10. The van der Waals surface area contributed by atoms with Gasteiger partial charge in [-0.05, 0) is 51.0 Å². The van der Waals surface area contributed by atoms with Crippen LogP contribution in [0.4, 0.5) is 0 Å².